The topological polar surface area (TPSA) is 12.0 Å². The Bertz CT molecular complexity index is 749. The van der Waals surface area contributed by atoms with E-state index in [1.54, 1.807) is 0 Å². The third-order valence-corrected chi connectivity index (χ3v) is 3.50. The van der Waals surface area contributed by atoms with Crippen LogP contribution in [0.1, 0.15) is 5.56 Å². The van der Waals surface area contributed by atoms with Crippen LogP contribution >= 0.6 is 0 Å². The summed E-state index contributed by atoms with van der Waals surface area (Å²) in [6.45, 7) is 0.535. The lowest BCUT2D eigenvalue weighted by Crippen LogP contribution is -2.07. The van der Waals surface area contributed by atoms with Crippen molar-refractivity contribution in [2.24, 2.45) is 0 Å². The molecule has 0 aliphatic heterocycles. The van der Waals surface area contributed by atoms with Crippen LogP contribution in [0.3, 0.4) is 0 Å². The van der Waals surface area contributed by atoms with Crippen LogP contribution in [0, 0.1) is 5.82 Å². The molecule has 20 heavy (non-hydrogen) atoms. The van der Waals surface area contributed by atoms with E-state index >= 15 is 0 Å². The zero-order chi connectivity index (χ0) is 13.9. The molecule has 0 bridgehead atoms. The molecule has 1 N–H and O–H groups in total. The van der Waals surface area contributed by atoms with E-state index in [4.69, 9.17) is 0 Å². The van der Waals surface area contributed by atoms with Crippen molar-refractivity contribution in [3.63, 3.8) is 0 Å². The molecular weight excluding hydrogens is 249 g/mol. The first-order valence-electron chi connectivity index (χ1n) is 6.70. The molecule has 0 saturated heterocycles. The average molecular weight is 265 g/mol. The van der Waals surface area contributed by atoms with Crippen molar-refractivity contribution in [1.29, 1.82) is 0 Å². The van der Waals surface area contributed by atoms with E-state index in [1.807, 2.05) is 31.3 Å². The van der Waals surface area contributed by atoms with Crippen molar-refractivity contribution < 1.29 is 4.39 Å². The highest BCUT2D eigenvalue weighted by Crippen LogP contribution is 2.26. The van der Waals surface area contributed by atoms with Crippen molar-refractivity contribution in [3.8, 4) is 11.1 Å². The van der Waals surface area contributed by atoms with Crippen LogP contribution in [0.5, 0.6) is 0 Å². The molecule has 0 fully saturated rings. The third kappa shape index (κ3) is 2.43. The van der Waals surface area contributed by atoms with Gasteiger partial charge in [-0.05, 0) is 47.1 Å². The van der Waals surface area contributed by atoms with Crippen molar-refractivity contribution in [2.75, 3.05) is 7.05 Å². The van der Waals surface area contributed by atoms with Crippen LogP contribution in [0.2, 0.25) is 0 Å². The van der Waals surface area contributed by atoms with Gasteiger partial charge in [0.15, 0.2) is 0 Å². The Morgan fingerprint density at radius 2 is 1.55 bits per heavy atom. The second-order valence-corrected chi connectivity index (χ2v) is 4.90. The molecule has 3 rings (SSSR count). The first kappa shape index (κ1) is 12.8. The Morgan fingerprint density at radius 1 is 0.850 bits per heavy atom. The minimum atomic E-state index is -0.163. The Kier molecular flexibility index (Phi) is 3.48. The summed E-state index contributed by atoms with van der Waals surface area (Å²) in [6, 6.07) is 19.9. The van der Waals surface area contributed by atoms with Gasteiger partial charge in [-0.15, -0.1) is 0 Å². The van der Waals surface area contributed by atoms with Crippen LogP contribution in [0.15, 0.2) is 60.7 Å². The second kappa shape index (κ2) is 5.43. The molecule has 3 aromatic carbocycles. The molecular formula is C18H16FN. The summed E-state index contributed by atoms with van der Waals surface area (Å²) < 4.78 is 13.7. The summed E-state index contributed by atoms with van der Waals surface area (Å²) in [5.41, 5.74) is 2.85. The Balaban J connectivity index is 2.08. The summed E-state index contributed by atoms with van der Waals surface area (Å²) in [5.74, 6) is -0.163. The number of halogens is 1. The van der Waals surface area contributed by atoms with Crippen molar-refractivity contribution in [1.82, 2.24) is 5.32 Å². The lowest BCUT2D eigenvalue weighted by Gasteiger charge is -2.08. The predicted molar refractivity (Wildman–Crippen MR) is 82.1 cm³/mol. The largest absolute Gasteiger partial charge is 0.316 e. The summed E-state index contributed by atoms with van der Waals surface area (Å²) in [4.78, 5) is 0. The monoisotopic (exact) mass is 265 g/mol. The molecule has 0 aliphatic carbocycles. The fourth-order valence-corrected chi connectivity index (χ4v) is 2.45. The van der Waals surface area contributed by atoms with Gasteiger partial charge in [0.25, 0.3) is 0 Å². The normalized spacial score (nSPS) is 10.9. The first-order valence-corrected chi connectivity index (χ1v) is 6.70. The maximum absolute atomic E-state index is 13.7. The highest BCUT2D eigenvalue weighted by Gasteiger charge is 2.05. The minimum Gasteiger partial charge on any atom is -0.316 e. The Hall–Kier alpha value is -2.19. The Labute approximate surface area is 118 Å². The molecule has 0 heterocycles. The number of hydrogen-bond donors (Lipinski definition) is 1. The summed E-state index contributed by atoms with van der Waals surface area (Å²) >= 11 is 0. The van der Waals surface area contributed by atoms with Crippen molar-refractivity contribution >= 4 is 10.8 Å². The van der Waals surface area contributed by atoms with Crippen molar-refractivity contribution in [3.05, 3.63) is 72.0 Å². The van der Waals surface area contributed by atoms with Gasteiger partial charge in [-0.1, -0.05) is 42.5 Å². The molecule has 100 valence electrons. The van der Waals surface area contributed by atoms with Crippen LogP contribution < -0.4 is 5.32 Å². The zero-order valence-corrected chi connectivity index (χ0v) is 11.4. The van der Waals surface area contributed by atoms with Crippen LogP contribution in [0.4, 0.5) is 4.39 Å². The van der Waals surface area contributed by atoms with Gasteiger partial charge in [0.05, 0.1) is 0 Å². The third-order valence-electron chi connectivity index (χ3n) is 3.50. The first-order chi connectivity index (χ1) is 9.78. The molecule has 0 atom stereocenters. The van der Waals surface area contributed by atoms with Gasteiger partial charge in [-0.3, -0.25) is 0 Å². The maximum Gasteiger partial charge on any atom is 0.127 e. The SMILES string of the molecule is CNCc1cc(-c2ccc3ccccc3c2)ccc1F. The van der Waals surface area contributed by atoms with Crippen LogP contribution in [0.25, 0.3) is 21.9 Å². The standard InChI is InChI=1S/C18H16FN/c1-20-12-17-11-16(8-9-18(17)19)15-7-6-13-4-2-3-5-14(13)10-15/h2-11,20H,12H2,1H3. The zero-order valence-electron chi connectivity index (χ0n) is 11.4. The van der Waals surface area contributed by atoms with Gasteiger partial charge < -0.3 is 5.32 Å². The number of nitrogens with one attached hydrogen (secondary N) is 1. The van der Waals surface area contributed by atoms with Gasteiger partial charge in [-0.2, -0.15) is 0 Å². The second-order valence-electron chi connectivity index (χ2n) is 4.90. The summed E-state index contributed by atoms with van der Waals surface area (Å²) in [6.07, 6.45) is 0. The van der Waals surface area contributed by atoms with E-state index in [1.165, 1.54) is 16.8 Å². The van der Waals surface area contributed by atoms with Gasteiger partial charge in [0.2, 0.25) is 0 Å². The molecule has 0 amide bonds. The average Bonchev–Trinajstić information content (AvgIpc) is 2.49. The van der Waals surface area contributed by atoms with E-state index in [2.05, 4.69) is 35.6 Å². The fraction of sp³-hybridized carbons (Fsp3) is 0.111. The smallest absolute Gasteiger partial charge is 0.127 e. The predicted octanol–water partition coefficient (Wildman–Crippen LogP) is 4.37. The summed E-state index contributed by atoms with van der Waals surface area (Å²) in [7, 11) is 1.82. The number of hydrogen-bond acceptors (Lipinski definition) is 1. The molecule has 0 spiro atoms. The highest BCUT2D eigenvalue weighted by atomic mass is 19.1. The van der Waals surface area contributed by atoms with Gasteiger partial charge in [0.1, 0.15) is 5.82 Å². The van der Waals surface area contributed by atoms with E-state index in [9.17, 15) is 4.39 Å². The molecule has 1 nitrogen and oxygen atoms in total. The van der Waals surface area contributed by atoms with E-state index < -0.39 is 0 Å². The molecule has 0 unspecified atom stereocenters. The quantitative estimate of drug-likeness (QED) is 0.741. The molecule has 3 aromatic rings. The van der Waals surface area contributed by atoms with E-state index in [0.29, 0.717) is 12.1 Å². The number of fused-ring (bicyclic) bond motifs is 1. The fourth-order valence-electron chi connectivity index (χ4n) is 2.45. The molecule has 0 aliphatic rings. The molecule has 2 heteroatoms. The lowest BCUT2D eigenvalue weighted by molar-refractivity contribution is 0.601. The van der Waals surface area contributed by atoms with E-state index in [0.717, 1.165) is 11.1 Å². The van der Waals surface area contributed by atoms with Crippen LogP contribution in [-0.4, -0.2) is 7.05 Å². The highest BCUT2D eigenvalue weighted by molar-refractivity contribution is 5.87. The Morgan fingerprint density at radius 3 is 2.35 bits per heavy atom. The molecule has 0 radical (unpaired) electrons. The summed E-state index contributed by atoms with van der Waals surface area (Å²) in [5, 5.41) is 5.41. The molecule has 0 saturated carbocycles. The number of rotatable bonds is 3. The lowest BCUT2D eigenvalue weighted by atomic mass is 9.99. The van der Waals surface area contributed by atoms with Gasteiger partial charge in [-0.25, -0.2) is 4.39 Å². The number of benzene rings is 3. The molecule has 0 aromatic heterocycles. The maximum atomic E-state index is 13.7. The van der Waals surface area contributed by atoms with E-state index in [-0.39, 0.29) is 5.82 Å². The van der Waals surface area contributed by atoms with Crippen molar-refractivity contribution in [2.45, 2.75) is 6.54 Å². The van der Waals surface area contributed by atoms with Gasteiger partial charge in [0, 0.05) is 12.1 Å². The van der Waals surface area contributed by atoms with Crippen LogP contribution in [-0.2, 0) is 6.54 Å². The minimum absolute atomic E-state index is 0.163. The van der Waals surface area contributed by atoms with Gasteiger partial charge >= 0.3 is 0 Å².